The second-order valence-corrected chi connectivity index (χ2v) is 6.75. The molecule has 0 aliphatic heterocycles. The van der Waals surface area contributed by atoms with Crippen molar-refractivity contribution in [1.82, 2.24) is 9.13 Å². The van der Waals surface area contributed by atoms with Crippen LogP contribution in [0.1, 0.15) is 77.2 Å². The van der Waals surface area contributed by atoms with Crippen LogP contribution >= 0.6 is 0 Å². The zero-order chi connectivity index (χ0) is 18.4. The van der Waals surface area contributed by atoms with Gasteiger partial charge in [0.1, 0.15) is 0 Å². The van der Waals surface area contributed by atoms with Crippen molar-refractivity contribution in [3.8, 4) is 0 Å². The first-order valence-electron chi connectivity index (χ1n) is 9.60. The van der Waals surface area contributed by atoms with Crippen LogP contribution in [0.3, 0.4) is 0 Å². The van der Waals surface area contributed by atoms with E-state index in [0.717, 1.165) is 29.3 Å². The molecule has 5 nitrogen and oxygen atoms in total. The molecule has 1 amide bonds. The van der Waals surface area contributed by atoms with Gasteiger partial charge in [0.05, 0.1) is 11.0 Å². The van der Waals surface area contributed by atoms with E-state index in [9.17, 15) is 9.59 Å². The summed E-state index contributed by atoms with van der Waals surface area (Å²) in [6.45, 7) is 6.87. The van der Waals surface area contributed by atoms with E-state index in [2.05, 4.69) is 19.9 Å². The van der Waals surface area contributed by atoms with Gasteiger partial charge in [0, 0.05) is 6.54 Å². The van der Waals surface area contributed by atoms with Crippen LogP contribution in [0.2, 0.25) is 0 Å². The van der Waals surface area contributed by atoms with Gasteiger partial charge in [-0.3, -0.25) is 4.57 Å². The van der Waals surface area contributed by atoms with Crippen LogP contribution in [-0.4, -0.2) is 15.2 Å². The van der Waals surface area contributed by atoms with Crippen LogP contribution in [0.15, 0.2) is 23.0 Å². The average Bonchev–Trinajstić information content (AvgIpc) is 2.89. The van der Waals surface area contributed by atoms with E-state index in [-0.39, 0.29) is 5.69 Å². The normalized spacial score (nSPS) is 12.6. The number of nitrogens with two attached hydrogens (primary N) is 1. The lowest BCUT2D eigenvalue weighted by atomic mass is 9.88. The zero-order valence-electron chi connectivity index (χ0n) is 15.8. The molecule has 1 unspecified atom stereocenters. The van der Waals surface area contributed by atoms with E-state index in [4.69, 9.17) is 5.73 Å². The van der Waals surface area contributed by atoms with Gasteiger partial charge in [-0.2, -0.15) is 0 Å². The van der Waals surface area contributed by atoms with Crippen molar-refractivity contribution in [2.45, 2.75) is 78.2 Å². The SMILES string of the molecule is CCCCCCC(CCC)c1cccc2c1n(CC)c(=O)n2C(N)=O. The number of imidazole rings is 1. The molecule has 0 radical (unpaired) electrons. The van der Waals surface area contributed by atoms with Gasteiger partial charge in [0.2, 0.25) is 0 Å². The van der Waals surface area contributed by atoms with E-state index in [1.54, 1.807) is 4.57 Å². The molecule has 1 aromatic heterocycles. The molecule has 0 saturated carbocycles. The Morgan fingerprint density at radius 1 is 1.08 bits per heavy atom. The molecule has 0 spiro atoms. The fourth-order valence-corrected chi connectivity index (χ4v) is 3.80. The summed E-state index contributed by atoms with van der Waals surface area (Å²) in [4.78, 5) is 24.4. The lowest BCUT2D eigenvalue weighted by Gasteiger charge is -2.18. The van der Waals surface area contributed by atoms with E-state index in [1.165, 1.54) is 31.2 Å². The largest absolute Gasteiger partial charge is 0.351 e. The fourth-order valence-electron chi connectivity index (χ4n) is 3.80. The molecule has 0 bridgehead atoms. The molecule has 2 aromatic rings. The molecular formula is C20H31N3O2. The number of hydrogen-bond acceptors (Lipinski definition) is 2. The van der Waals surface area contributed by atoms with Crippen molar-refractivity contribution in [3.05, 3.63) is 34.2 Å². The van der Waals surface area contributed by atoms with Crippen LogP contribution < -0.4 is 11.4 Å². The highest BCUT2D eigenvalue weighted by Crippen LogP contribution is 2.32. The maximum Gasteiger partial charge on any atom is 0.337 e. The highest BCUT2D eigenvalue weighted by Gasteiger charge is 2.21. The quantitative estimate of drug-likeness (QED) is 0.675. The minimum atomic E-state index is -0.714. The lowest BCUT2D eigenvalue weighted by Crippen LogP contribution is -2.32. The summed E-state index contributed by atoms with van der Waals surface area (Å²) in [6, 6.07) is 5.15. The van der Waals surface area contributed by atoms with Crippen molar-refractivity contribution in [2.75, 3.05) is 0 Å². The average molecular weight is 345 g/mol. The number of para-hydroxylation sites is 1. The Labute approximate surface area is 149 Å². The third kappa shape index (κ3) is 3.97. The minimum Gasteiger partial charge on any atom is -0.351 e. The van der Waals surface area contributed by atoms with Gasteiger partial charge in [0.25, 0.3) is 0 Å². The van der Waals surface area contributed by atoms with Crippen LogP contribution in [0.4, 0.5) is 4.79 Å². The summed E-state index contributed by atoms with van der Waals surface area (Å²) in [7, 11) is 0. The van der Waals surface area contributed by atoms with Crippen LogP contribution in [0.5, 0.6) is 0 Å². The number of unbranched alkanes of at least 4 members (excludes halogenated alkanes) is 3. The molecule has 0 saturated heterocycles. The predicted molar refractivity (Wildman–Crippen MR) is 103 cm³/mol. The topological polar surface area (TPSA) is 70.0 Å². The number of fused-ring (bicyclic) bond motifs is 1. The number of rotatable bonds is 9. The Balaban J connectivity index is 2.53. The van der Waals surface area contributed by atoms with E-state index in [1.807, 2.05) is 19.1 Å². The van der Waals surface area contributed by atoms with Crippen molar-refractivity contribution in [3.63, 3.8) is 0 Å². The Hall–Kier alpha value is -2.04. The Bertz CT molecular complexity index is 773. The summed E-state index contributed by atoms with van der Waals surface area (Å²) in [5.41, 5.74) is 7.81. The summed E-state index contributed by atoms with van der Waals surface area (Å²) in [5.74, 6) is 0.409. The standard InChI is InChI=1S/C20H31N3O2/c1-4-7-8-9-12-15(11-5-2)16-13-10-14-17-18(16)22(6-3)20(25)23(17)19(21)24/h10,13-15H,4-9,11-12H2,1-3H3,(H2,21,24). The van der Waals surface area contributed by atoms with Crippen LogP contribution in [0, 0.1) is 0 Å². The first-order valence-corrected chi connectivity index (χ1v) is 9.60. The summed E-state index contributed by atoms with van der Waals surface area (Å²) < 4.78 is 2.78. The fraction of sp³-hybridized carbons (Fsp3) is 0.600. The third-order valence-electron chi connectivity index (χ3n) is 5.00. The van der Waals surface area contributed by atoms with Crippen molar-refractivity contribution >= 4 is 17.1 Å². The molecule has 0 aliphatic rings. The van der Waals surface area contributed by atoms with Crippen molar-refractivity contribution < 1.29 is 4.79 Å². The second-order valence-electron chi connectivity index (χ2n) is 6.75. The van der Waals surface area contributed by atoms with E-state index in [0.29, 0.717) is 18.0 Å². The Morgan fingerprint density at radius 3 is 2.44 bits per heavy atom. The Morgan fingerprint density at radius 2 is 1.84 bits per heavy atom. The van der Waals surface area contributed by atoms with Gasteiger partial charge in [-0.25, -0.2) is 14.2 Å². The highest BCUT2D eigenvalue weighted by atomic mass is 16.2. The summed E-state index contributed by atoms with van der Waals surface area (Å²) in [5, 5.41) is 0. The van der Waals surface area contributed by atoms with Crippen molar-refractivity contribution in [2.24, 2.45) is 5.73 Å². The first-order chi connectivity index (χ1) is 12.1. The highest BCUT2D eigenvalue weighted by molar-refractivity contribution is 5.90. The molecule has 138 valence electrons. The molecule has 0 fully saturated rings. The molecule has 1 aromatic carbocycles. The molecule has 5 heteroatoms. The summed E-state index contributed by atoms with van der Waals surface area (Å²) >= 11 is 0. The smallest absolute Gasteiger partial charge is 0.337 e. The molecule has 1 atom stereocenters. The van der Waals surface area contributed by atoms with Gasteiger partial charge in [-0.05, 0) is 37.3 Å². The van der Waals surface area contributed by atoms with E-state index < -0.39 is 6.03 Å². The molecule has 1 heterocycles. The number of benzene rings is 1. The number of aromatic nitrogens is 2. The number of primary amides is 1. The minimum absolute atomic E-state index is 0.335. The molecule has 25 heavy (non-hydrogen) atoms. The van der Waals surface area contributed by atoms with Crippen LogP contribution in [0.25, 0.3) is 11.0 Å². The number of nitrogens with zero attached hydrogens (tertiary/aromatic N) is 2. The lowest BCUT2D eigenvalue weighted by molar-refractivity contribution is 0.250. The number of carbonyl (C=O) groups excluding carboxylic acids is 1. The number of amides is 1. The molecular weight excluding hydrogens is 314 g/mol. The van der Waals surface area contributed by atoms with E-state index >= 15 is 0 Å². The third-order valence-corrected chi connectivity index (χ3v) is 5.00. The van der Waals surface area contributed by atoms with Gasteiger partial charge >= 0.3 is 11.7 Å². The van der Waals surface area contributed by atoms with Gasteiger partial charge in [0.15, 0.2) is 0 Å². The van der Waals surface area contributed by atoms with Crippen molar-refractivity contribution in [1.29, 1.82) is 0 Å². The number of aryl methyl sites for hydroxylation is 1. The predicted octanol–water partition coefficient (Wildman–Crippen LogP) is 4.60. The number of carbonyl (C=O) groups is 1. The monoisotopic (exact) mass is 345 g/mol. The molecule has 2 N–H and O–H groups in total. The first kappa shape index (κ1) is 19.3. The molecule has 0 aliphatic carbocycles. The maximum absolute atomic E-state index is 12.6. The van der Waals surface area contributed by atoms with Crippen LogP contribution in [-0.2, 0) is 6.54 Å². The Kier molecular flexibility index (Phi) is 6.85. The second kappa shape index (κ2) is 8.88. The van der Waals surface area contributed by atoms with Gasteiger partial charge in [-0.1, -0.05) is 58.1 Å². The summed E-state index contributed by atoms with van der Waals surface area (Å²) in [6.07, 6.45) is 8.24. The zero-order valence-corrected chi connectivity index (χ0v) is 15.8. The van der Waals surface area contributed by atoms with Gasteiger partial charge < -0.3 is 5.73 Å². The molecule has 2 rings (SSSR count). The number of hydrogen-bond donors (Lipinski definition) is 1. The van der Waals surface area contributed by atoms with Gasteiger partial charge in [-0.15, -0.1) is 0 Å². The maximum atomic E-state index is 12.6.